The van der Waals surface area contributed by atoms with Crippen molar-refractivity contribution in [1.82, 2.24) is 15.0 Å². The third-order valence-corrected chi connectivity index (χ3v) is 10.1. The van der Waals surface area contributed by atoms with Crippen LogP contribution in [0.2, 0.25) is 0 Å². The largest absolute Gasteiger partial charge is 0.455 e. The van der Waals surface area contributed by atoms with E-state index in [1.165, 1.54) is 5.56 Å². The number of nitrogens with zero attached hydrogens (tertiary/aromatic N) is 3. The summed E-state index contributed by atoms with van der Waals surface area (Å²) in [7, 11) is 0. The molecule has 258 valence electrons. The van der Waals surface area contributed by atoms with Crippen LogP contribution in [0.25, 0.3) is 101 Å². The maximum absolute atomic E-state index is 6.89. The van der Waals surface area contributed by atoms with Crippen LogP contribution in [-0.2, 0) is 0 Å². The van der Waals surface area contributed by atoms with Crippen LogP contribution in [0.4, 0.5) is 0 Å². The Balaban J connectivity index is 1.24. The van der Waals surface area contributed by atoms with E-state index in [9.17, 15) is 0 Å². The van der Waals surface area contributed by atoms with E-state index in [-0.39, 0.29) is 0 Å². The zero-order chi connectivity index (χ0) is 36.6. The number of hydrogen-bond acceptors (Lipinski definition) is 4. The summed E-state index contributed by atoms with van der Waals surface area (Å²) in [6.07, 6.45) is 0. The lowest BCUT2D eigenvalue weighted by Gasteiger charge is -2.12. The summed E-state index contributed by atoms with van der Waals surface area (Å²) < 4.78 is 6.89. The van der Waals surface area contributed by atoms with Crippen LogP contribution in [0.15, 0.2) is 205 Å². The third kappa shape index (κ3) is 6.16. The molecule has 10 rings (SSSR count). The smallest absolute Gasteiger partial charge is 0.164 e. The van der Waals surface area contributed by atoms with E-state index in [0.717, 1.165) is 77.6 Å². The summed E-state index contributed by atoms with van der Waals surface area (Å²) in [5.74, 6) is 1.82. The van der Waals surface area contributed by atoms with Gasteiger partial charge in [-0.3, -0.25) is 0 Å². The fraction of sp³-hybridized carbons (Fsp3) is 0. The van der Waals surface area contributed by atoms with E-state index in [0.29, 0.717) is 17.5 Å². The third-order valence-electron chi connectivity index (χ3n) is 10.1. The van der Waals surface area contributed by atoms with Gasteiger partial charge in [0.1, 0.15) is 11.2 Å². The number of furan rings is 1. The second-order valence-electron chi connectivity index (χ2n) is 13.6. The molecule has 0 saturated heterocycles. The maximum atomic E-state index is 6.89. The molecule has 4 nitrogen and oxygen atoms in total. The number of rotatable bonds is 7. The second kappa shape index (κ2) is 13.8. The molecular formula is C51H33N3O. The van der Waals surface area contributed by atoms with Crippen LogP contribution in [0, 0.1) is 0 Å². The van der Waals surface area contributed by atoms with Gasteiger partial charge in [-0.05, 0) is 69.3 Å². The van der Waals surface area contributed by atoms with Crippen molar-refractivity contribution in [3.8, 4) is 78.7 Å². The van der Waals surface area contributed by atoms with E-state index < -0.39 is 0 Å². The molecule has 0 spiro atoms. The molecule has 2 heterocycles. The highest BCUT2D eigenvalue weighted by Crippen LogP contribution is 2.44. The van der Waals surface area contributed by atoms with Gasteiger partial charge in [-0.1, -0.05) is 170 Å². The summed E-state index contributed by atoms with van der Waals surface area (Å²) >= 11 is 0. The molecule has 0 saturated carbocycles. The quantitative estimate of drug-likeness (QED) is 0.166. The van der Waals surface area contributed by atoms with Crippen molar-refractivity contribution in [1.29, 1.82) is 0 Å². The van der Waals surface area contributed by atoms with Gasteiger partial charge in [0.15, 0.2) is 17.5 Å². The summed E-state index contributed by atoms with van der Waals surface area (Å²) in [4.78, 5) is 15.2. The van der Waals surface area contributed by atoms with E-state index >= 15 is 0 Å². The predicted molar refractivity (Wildman–Crippen MR) is 225 cm³/mol. The number of benzene rings is 8. The molecule has 0 aliphatic rings. The Bertz CT molecular complexity index is 2900. The Morgan fingerprint density at radius 2 is 0.727 bits per heavy atom. The van der Waals surface area contributed by atoms with Gasteiger partial charge in [0, 0.05) is 33.0 Å². The van der Waals surface area contributed by atoms with Crippen molar-refractivity contribution in [2.75, 3.05) is 0 Å². The van der Waals surface area contributed by atoms with Crippen molar-refractivity contribution < 1.29 is 4.42 Å². The molecule has 4 heteroatoms. The summed E-state index contributed by atoms with van der Waals surface area (Å²) in [5.41, 5.74) is 13.3. The molecule has 0 atom stereocenters. The summed E-state index contributed by atoms with van der Waals surface area (Å²) in [6, 6.07) is 69.4. The van der Waals surface area contributed by atoms with Crippen molar-refractivity contribution >= 4 is 21.9 Å². The Morgan fingerprint density at radius 1 is 0.291 bits per heavy atom. The van der Waals surface area contributed by atoms with Crippen LogP contribution >= 0.6 is 0 Å². The maximum Gasteiger partial charge on any atom is 0.164 e. The SMILES string of the molecule is c1ccc(-c2cccc(-c3cc(-c4cccc(-c5ccccc5)c4)c4oc5cccc(-c6nc(-c7ccccc7)nc(-c7ccccc7)n6)c5c4c3)c2)cc1. The highest BCUT2D eigenvalue weighted by molar-refractivity contribution is 6.16. The molecule has 55 heavy (non-hydrogen) atoms. The highest BCUT2D eigenvalue weighted by Gasteiger charge is 2.21. The normalized spacial score (nSPS) is 11.3. The zero-order valence-corrected chi connectivity index (χ0v) is 29.8. The Hall–Kier alpha value is -7.43. The average molecular weight is 704 g/mol. The molecule has 0 aliphatic heterocycles. The minimum atomic E-state index is 0.588. The highest BCUT2D eigenvalue weighted by atomic mass is 16.3. The topological polar surface area (TPSA) is 51.8 Å². The van der Waals surface area contributed by atoms with Crippen LogP contribution in [-0.4, -0.2) is 15.0 Å². The lowest BCUT2D eigenvalue weighted by molar-refractivity contribution is 0.670. The first kappa shape index (κ1) is 32.2. The lowest BCUT2D eigenvalue weighted by Crippen LogP contribution is -2.00. The zero-order valence-electron chi connectivity index (χ0n) is 29.8. The molecule has 2 aromatic heterocycles. The van der Waals surface area contributed by atoms with E-state index in [4.69, 9.17) is 19.4 Å². The first-order valence-corrected chi connectivity index (χ1v) is 18.4. The number of hydrogen-bond donors (Lipinski definition) is 0. The van der Waals surface area contributed by atoms with Gasteiger partial charge in [0.2, 0.25) is 0 Å². The standard InChI is InChI=1S/C51H33N3O/c1-5-16-34(17-6-1)38-24-13-26-40(30-38)42-32-44(41-27-14-25-39(31-41)35-18-7-2-8-19-35)48-45(33-42)47-43(28-15-29-46(47)55-48)51-53-49(36-20-9-3-10-21-36)52-50(54-51)37-22-11-4-12-23-37/h1-33H. The van der Waals surface area contributed by atoms with Crippen LogP contribution in [0.3, 0.4) is 0 Å². The minimum absolute atomic E-state index is 0.588. The van der Waals surface area contributed by atoms with Crippen molar-refractivity contribution in [3.63, 3.8) is 0 Å². The van der Waals surface area contributed by atoms with E-state index in [1.54, 1.807) is 0 Å². The van der Waals surface area contributed by atoms with Crippen molar-refractivity contribution in [3.05, 3.63) is 200 Å². The van der Waals surface area contributed by atoms with Gasteiger partial charge in [-0.25, -0.2) is 15.0 Å². The molecule has 0 unspecified atom stereocenters. The average Bonchev–Trinajstić information content (AvgIpc) is 3.66. The fourth-order valence-electron chi connectivity index (χ4n) is 7.43. The number of fused-ring (bicyclic) bond motifs is 3. The van der Waals surface area contributed by atoms with E-state index in [2.05, 4.69) is 121 Å². The van der Waals surface area contributed by atoms with Crippen LogP contribution < -0.4 is 0 Å². The van der Waals surface area contributed by atoms with Crippen LogP contribution in [0.5, 0.6) is 0 Å². The molecule has 8 aromatic carbocycles. The van der Waals surface area contributed by atoms with Gasteiger partial charge in [-0.2, -0.15) is 0 Å². The second-order valence-corrected chi connectivity index (χ2v) is 13.6. The van der Waals surface area contributed by atoms with Gasteiger partial charge < -0.3 is 4.42 Å². The molecule has 0 aliphatic carbocycles. The predicted octanol–water partition coefficient (Wildman–Crippen LogP) is 13.4. The molecule has 0 radical (unpaired) electrons. The fourth-order valence-corrected chi connectivity index (χ4v) is 7.43. The van der Waals surface area contributed by atoms with E-state index in [1.807, 2.05) is 78.9 Å². The van der Waals surface area contributed by atoms with Gasteiger partial charge in [0.25, 0.3) is 0 Å². The summed E-state index contributed by atoms with van der Waals surface area (Å²) in [5, 5.41) is 1.96. The Labute approximate surface area is 319 Å². The monoisotopic (exact) mass is 703 g/mol. The van der Waals surface area contributed by atoms with Gasteiger partial charge in [-0.15, -0.1) is 0 Å². The lowest BCUT2D eigenvalue weighted by atomic mass is 9.92. The molecule has 0 bridgehead atoms. The summed E-state index contributed by atoms with van der Waals surface area (Å²) in [6.45, 7) is 0. The minimum Gasteiger partial charge on any atom is -0.455 e. The molecule has 0 amide bonds. The first-order valence-electron chi connectivity index (χ1n) is 18.4. The first-order chi connectivity index (χ1) is 27.2. The Morgan fingerprint density at radius 3 is 1.29 bits per heavy atom. The van der Waals surface area contributed by atoms with Crippen molar-refractivity contribution in [2.24, 2.45) is 0 Å². The molecule has 0 N–H and O–H groups in total. The van der Waals surface area contributed by atoms with Crippen LogP contribution in [0.1, 0.15) is 0 Å². The van der Waals surface area contributed by atoms with Gasteiger partial charge in [0.05, 0.1) is 0 Å². The molecular weight excluding hydrogens is 671 g/mol. The molecule has 0 fully saturated rings. The Kier molecular flexibility index (Phi) is 8.12. The molecule has 10 aromatic rings. The number of aromatic nitrogens is 3. The van der Waals surface area contributed by atoms with Gasteiger partial charge >= 0.3 is 0 Å². The van der Waals surface area contributed by atoms with Crippen molar-refractivity contribution in [2.45, 2.75) is 0 Å².